The Hall–Kier alpha value is -2.81. The van der Waals surface area contributed by atoms with E-state index in [2.05, 4.69) is 15.1 Å². The largest absolute Gasteiger partial charge is 0.486 e. The highest BCUT2D eigenvalue weighted by Gasteiger charge is 2.31. The number of amides is 1. The summed E-state index contributed by atoms with van der Waals surface area (Å²) in [4.78, 5) is 23.8. The Kier molecular flexibility index (Phi) is 4.98. The Morgan fingerprint density at radius 1 is 1.17 bits per heavy atom. The average Bonchev–Trinajstić information content (AvgIpc) is 3.39. The third-order valence-electron chi connectivity index (χ3n) is 5.45. The number of ether oxygens (including phenoxy) is 2. The average molecular weight is 426 g/mol. The molecule has 9 heteroatoms. The second-order valence-corrected chi connectivity index (χ2v) is 8.52. The Morgan fingerprint density at radius 2 is 2.00 bits per heavy atom. The molecule has 30 heavy (non-hydrogen) atoms. The maximum atomic E-state index is 13.0. The van der Waals surface area contributed by atoms with Gasteiger partial charge in [-0.25, -0.2) is 9.50 Å². The number of hydrogen-bond donors (Lipinski definition) is 0. The molecule has 0 radical (unpaired) electrons. The number of aromatic nitrogens is 4. The summed E-state index contributed by atoms with van der Waals surface area (Å²) in [6.07, 6.45) is 1.94. The van der Waals surface area contributed by atoms with Crippen molar-refractivity contribution in [2.24, 2.45) is 0 Å². The summed E-state index contributed by atoms with van der Waals surface area (Å²) in [5, 5.41) is 5.05. The van der Waals surface area contributed by atoms with E-state index in [1.54, 1.807) is 4.52 Å². The van der Waals surface area contributed by atoms with Crippen LogP contribution in [0.25, 0.3) is 5.78 Å². The van der Waals surface area contributed by atoms with E-state index >= 15 is 0 Å². The Bertz CT molecular complexity index is 1120. The Morgan fingerprint density at radius 3 is 2.87 bits per heavy atom. The molecule has 1 aromatic carbocycles. The van der Waals surface area contributed by atoms with E-state index < -0.39 is 0 Å². The molecule has 0 saturated carbocycles. The second kappa shape index (κ2) is 7.79. The first kappa shape index (κ1) is 19.2. The molecule has 1 fully saturated rings. The van der Waals surface area contributed by atoms with Gasteiger partial charge in [0.05, 0.1) is 11.8 Å². The predicted octanol–water partition coefficient (Wildman–Crippen LogP) is 2.97. The molecule has 0 bridgehead atoms. The minimum Gasteiger partial charge on any atom is -0.486 e. The van der Waals surface area contributed by atoms with Crippen molar-refractivity contribution in [2.45, 2.75) is 37.9 Å². The highest BCUT2D eigenvalue weighted by atomic mass is 32.2. The lowest BCUT2D eigenvalue weighted by Gasteiger charge is -2.26. The summed E-state index contributed by atoms with van der Waals surface area (Å²) < 4.78 is 13.0. The molecule has 2 aliphatic rings. The number of fused-ring (bicyclic) bond motifs is 2. The number of hydrogen-bond acceptors (Lipinski definition) is 7. The molecule has 5 rings (SSSR count). The fourth-order valence-corrected chi connectivity index (χ4v) is 4.80. The van der Waals surface area contributed by atoms with E-state index in [0.29, 0.717) is 29.9 Å². The molecule has 156 valence electrons. The highest BCUT2D eigenvalue weighted by molar-refractivity contribution is 7.99. The summed E-state index contributed by atoms with van der Waals surface area (Å²) in [7, 11) is 0. The first-order valence-electron chi connectivity index (χ1n) is 10.1. The molecule has 0 N–H and O–H groups in total. The summed E-state index contributed by atoms with van der Waals surface area (Å²) in [5.74, 6) is 2.50. The van der Waals surface area contributed by atoms with Gasteiger partial charge in [-0.3, -0.25) is 4.79 Å². The summed E-state index contributed by atoms with van der Waals surface area (Å²) in [6.45, 7) is 5.79. The van der Waals surface area contributed by atoms with Gasteiger partial charge in [0.1, 0.15) is 13.2 Å². The number of aryl methyl sites for hydroxylation is 2. The summed E-state index contributed by atoms with van der Waals surface area (Å²) in [5.41, 5.74) is 2.97. The normalized spacial score (nSPS) is 18.2. The SMILES string of the molecule is Cc1cc(C)n2nc(SCC(=O)N3CCCC3c3ccc4c(c3)OCCO4)nc2n1. The molecule has 3 aromatic rings. The van der Waals surface area contributed by atoms with Crippen LogP contribution in [0.5, 0.6) is 11.5 Å². The number of carbonyl (C=O) groups excluding carboxylic acids is 1. The lowest BCUT2D eigenvalue weighted by molar-refractivity contribution is -0.129. The van der Waals surface area contributed by atoms with Crippen LogP contribution < -0.4 is 9.47 Å². The summed E-state index contributed by atoms with van der Waals surface area (Å²) >= 11 is 1.36. The van der Waals surface area contributed by atoms with Crippen LogP contribution in [0, 0.1) is 13.8 Å². The zero-order chi connectivity index (χ0) is 20.7. The Labute approximate surface area is 178 Å². The van der Waals surface area contributed by atoms with Gasteiger partial charge >= 0.3 is 0 Å². The third kappa shape index (κ3) is 3.58. The van der Waals surface area contributed by atoms with Crippen molar-refractivity contribution in [1.29, 1.82) is 0 Å². The topological polar surface area (TPSA) is 81.9 Å². The molecule has 8 nitrogen and oxygen atoms in total. The van der Waals surface area contributed by atoms with Crippen LogP contribution >= 0.6 is 11.8 Å². The molecule has 1 amide bonds. The predicted molar refractivity (Wildman–Crippen MR) is 112 cm³/mol. The van der Waals surface area contributed by atoms with Crippen molar-refractivity contribution in [3.63, 3.8) is 0 Å². The fourth-order valence-electron chi connectivity index (χ4n) is 4.10. The number of likely N-dealkylation sites (tertiary alicyclic amines) is 1. The van der Waals surface area contributed by atoms with E-state index in [0.717, 1.165) is 47.8 Å². The first-order chi connectivity index (χ1) is 14.6. The minimum absolute atomic E-state index is 0.0644. The van der Waals surface area contributed by atoms with E-state index in [-0.39, 0.29) is 11.9 Å². The van der Waals surface area contributed by atoms with E-state index in [1.807, 2.05) is 43.0 Å². The number of nitrogens with zero attached hydrogens (tertiary/aromatic N) is 5. The summed E-state index contributed by atoms with van der Waals surface area (Å²) in [6, 6.07) is 8.02. The maximum absolute atomic E-state index is 13.0. The van der Waals surface area contributed by atoms with Crippen LogP contribution in [-0.4, -0.2) is 55.9 Å². The van der Waals surface area contributed by atoms with Crippen LogP contribution in [-0.2, 0) is 4.79 Å². The van der Waals surface area contributed by atoms with Gasteiger partial charge in [-0.2, -0.15) is 4.98 Å². The van der Waals surface area contributed by atoms with Gasteiger partial charge in [0.25, 0.3) is 5.78 Å². The minimum atomic E-state index is 0.0644. The van der Waals surface area contributed by atoms with Crippen molar-refractivity contribution in [1.82, 2.24) is 24.5 Å². The number of rotatable bonds is 4. The van der Waals surface area contributed by atoms with Crippen LogP contribution in [0.4, 0.5) is 0 Å². The zero-order valence-corrected chi connectivity index (χ0v) is 17.8. The van der Waals surface area contributed by atoms with Gasteiger partial charge in [-0.15, -0.1) is 5.10 Å². The zero-order valence-electron chi connectivity index (χ0n) is 17.0. The number of benzene rings is 1. The van der Waals surface area contributed by atoms with Crippen LogP contribution in [0.1, 0.15) is 35.8 Å². The van der Waals surface area contributed by atoms with Crippen molar-refractivity contribution in [3.8, 4) is 11.5 Å². The van der Waals surface area contributed by atoms with E-state index in [1.165, 1.54) is 11.8 Å². The molecule has 1 saturated heterocycles. The molecule has 0 spiro atoms. The van der Waals surface area contributed by atoms with Gasteiger partial charge in [0, 0.05) is 17.9 Å². The Balaban J connectivity index is 1.29. The molecule has 2 aliphatic heterocycles. The number of thioether (sulfide) groups is 1. The van der Waals surface area contributed by atoms with Crippen molar-refractivity contribution in [2.75, 3.05) is 25.5 Å². The number of carbonyl (C=O) groups is 1. The second-order valence-electron chi connectivity index (χ2n) is 7.58. The van der Waals surface area contributed by atoms with Gasteiger partial charge in [-0.1, -0.05) is 17.8 Å². The first-order valence-corrected chi connectivity index (χ1v) is 11.1. The fraction of sp³-hybridized carbons (Fsp3) is 0.429. The monoisotopic (exact) mass is 425 g/mol. The van der Waals surface area contributed by atoms with E-state index in [9.17, 15) is 4.79 Å². The van der Waals surface area contributed by atoms with E-state index in [4.69, 9.17) is 9.47 Å². The van der Waals surface area contributed by atoms with Crippen molar-refractivity contribution < 1.29 is 14.3 Å². The molecular formula is C21H23N5O3S. The van der Waals surface area contributed by atoms with Gasteiger partial charge in [0.15, 0.2) is 11.5 Å². The molecule has 0 aliphatic carbocycles. The molecule has 2 aromatic heterocycles. The smallest absolute Gasteiger partial charge is 0.253 e. The van der Waals surface area contributed by atoms with Crippen molar-refractivity contribution >= 4 is 23.4 Å². The molecule has 4 heterocycles. The van der Waals surface area contributed by atoms with Gasteiger partial charge < -0.3 is 14.4 Å². The van der Waals surface area contributed by atoms with Crippen LogP contribution in [0.15, 0.2) is 29.4 Å². The quantitative estimate of drug-likeness (QED) is 0.595. The third-order valence-corrected chi connectivity index (χ3v) is 6.27. The maximum Gasteiger partial charge on any atom is 0.253 e. The van der Waals surface area contributed by atoms with Gasteiger partial charge in [-0.05, 0) is 50.5 Å². The lowest BCUT2D eigenvalue weighted by Crippen LogP contribution is -2.32. The van der Waals surface area contributed by atoms with Crippen molar-refractivity contribution in [3.05, 3.63) is 41.2 Å². The standard InChI is InChI=1S/C21H23N5O3S/c1-13-10-14(2)26-20(22-13)23-21(24-26)30-12-19(27)25-7-3-4-16(25)15-5-6-17-18(11-15)29-9-8-28-17/h5-6,10-11,16H,3-4,7-9,12H2,1-2H3. The van der Waals surface area contributed by atoms with Gasteiger partial charge in [0.2, 0.25) is 11.1 Å². The van der Waals surface area contributed by atoms with Crippen LogP contribution in [0.3, 0.4) is 0 Å². The molecular weight excluding hydrogens is 402 g/mol. The molecule has 1 unspecified atom stereocenters. The highest BCUT2D eigenvalue weighted by Crippen LogP contribution is 2.38. The van der Waals surface area contributed by atoms with Crippen LogP contribution in [0.2, 0.25) is 0 Å². The lowest BCUT2D eigenvalue weighted by atomic mass is 10.0. The molecule has 1 atom stereocenters.